The second-order valence-electron chi connectivity index (χ2n) is 5.54. The number of nitrogens with zero attached hydrogens (tertiary/aromatic N) is 4. The van der Waals surface area contributed by atoms with Gasteiger partial charge in [0.15, 0.2) is 0 Å². The fourth-order valence-corrected chi connectivity index (χ4v) is 2.55. The molecule has 0 fully saturated rings. The van der Waals surface area contributed by atoms with Crippen LogP contribution in [0.15, 0.2) is 48.9 Å². The van der Waals surface area contributed by atoms with Crippen LogP contribution in [-0.4, -0.2) is 32.3 Å². The maximum Gasteiger partial charge on any atom is 0.333 e. The Labute approximate surface area is 148 Å². The quantitative estimate of drug-likeness (QED) is 0.732. The molecule has 0 saturated carbocycles. The lowest BCUT2D eigenvalue weighted by atomic mass is 10.1. The molecule has 7 nitrogen and oxygen atoms in total. The Kier molecular flexibility index (Phi) is 4.97. The molecule has 0 unspecified atom stereocenters. The number of carbonyl (C=O) groups excluding carboxylic acids is 1. The number of hydrogen-bond acceptors (Lipinski definition) is 4. The fourth-order valence-electron chi connectivity index (χ4n) is 2.55. The first-order valence-corrected chi connectivity index (χ1v) is 7.75. The second kappa shape index (κ2) is 7.34. The highest BCUT2D eigenvalue weighted by atomic mass is 19.3. The van der Waals surface area contributed by atoms with E-state index in [0.717, 1.165) is 11.8 Å². The third kappa shape index (κ3) is 3.56. The molecule has 0 aliphatic carbocycles. The number of amides is 1. The highest BCUT2D eigenvalue weighted by Crippen LogP contribution is 2.24. The summed E-state index contributed by atoms with van der Waals surface area (Å²) in [5.74, 6) is 0.623. The smallest absolute Gasteiger partial charge is 0.333 e. The van der Waals surface area contributed by atoms with Gasteiger partial charge in [-0.3, -0.25) is 4.79 Å². The predicted octanol–water partition coefficient (Wildman–Crippen LogP) is 2.54. The first-order valence-electron chi connectivity index (χ1n) is 7.75. The molecule has 0 saturated heterocycles. The summed E-state index contributed by atoms with van der Waals surface area (Å²) in [6.45, 7) is -2.81. The van der Waals surface area contributed by atoms with Crippen molar-refractivity contribution >= 4 is 5.91 Å². The molecular weight excluding hydrogens is 344 g/mol. The second-order valence-corrected chi connectivity index (χ2v) is 5.54. The van der Waals surface area contributed by atoms with E-state index in [-0.39, 0.29) is 5.69 Å². The molecule has 3 rings (SSSR count). The van der Waals surface area contributed by atoms with Crippen LogP contribution in [0.1, 0.15) is 34.5 Å². The summed E-state index contributed by atoms with van der Waals surface area (Å²) >= 11 is 0. The zero-order valence-electron chi connectivity index (χ0n) is 14.1. The van der Waals surface area contributed by atoms with Gasteiger partial charge in [0, 0.05) is 25.6 Å². The Morgan fingerprint density at radius 3 is 2.69 bits per heavy atom. The molecule has 3 aromatic rings. The lowest BCUT2D eigenvalue weighted by Gasteiger charge is -2.19. The lowest BCUT2D eigenvalue weighted by molar-refractivity contribution is 0.0559. The number of halogens is 2. The van der Waals surface area contributed by atoms with Crippen molar-refractivity contribution in [1.82, 2.24) is 24.6 Å². The fraction of sp³-hybridized carbons (Fsp3) is 0.235. The lowest BCUT2D eigenvalue weighted by Crippen LogP contribution is -2.31. The van der Waals surface area contributed by atoms with E-state index in [1.54, 1.807) is 49.3 Å². The molecule has 0 spiro atoms. The minimum Gasteiger partial charge on any atom is -0.497 e. The van der Waals surface area contributed by atoms with Gasteiger partial charge in [-0.2, -0.15) is 13.9 Å². The highest BCUT2D eigenvalue weighted by Gasteiger charge is 2.23. The molecule has 1 amide bonds. The van der Waals surface area contributed by atoms with Crippen LogP contribution in [0.4, 0.5) is 8.78 Å². The van der Waals surface area contributed by atoms with E-state index in [4.69, 9.17) is 4.74 Å². The normalized spacial score (nSPS) is 12.2. The van der Waals surface area contributed by atoms with Gasteiger partial charge in [0.2, 0.25) is 0 Å². The molecule has 0 aliphatic rings. The standard InChI is InChI=1S/C17H17F2N5O2/c1-23-9-7-20-15(23)14(11-4-3-5-12(10-11)26-2)21-16(25)13-6-8-24(22-13)17(18)19/h3-10,14,17H,1-2H3,(H,21,25)/t14-/m1/s1. The molecule has 0 bridgehead atoms. The predicted molar refractivity (Wildman–Crippen MR) is 89.0 cm³/mol. The molecule has 26 heavy (non-hydrogen) atoms. The molecule has 2 heterocycles. The molecule has 1 aromatic carbocycles. The van der Waals surface area contributed by atoms with E-state index in [0.29, 0.717) is 16.3 Å². The van der Waals surface area contributed by atoms with Gasteiger partial charge < -0.3 is 14.6 Å². The van der Waals surface area contributed by atoms with Crippen LogP contribution < -0.4 is 10.1 Å². The van der Waals surface area contributed by atoms with Crippen molar-refractivity contribution in [3.8, 4) is 5.75 Å². The van der Waals surface area contributed by atoms with Gasteiger partial charge in [-0.1, -0.05) is 12.1 Å². The Morgan fingerprint density at radius 1 is 1.27 bits per heavy atom. The van der Waals surface area contributed by atoms with Gasteiger partial charge in [-0.25, -0.2) is 9.67 Å². The summed E-state index contributed by atoms with van der Waals surface area (Å²) in [6.07, 6.45) is 4.42. The molecule has 0 aliphatic heterocycles. The van der Waals surface area contributed by atoms with Gasteiger partial charge in [0.25, 0.3) is 5.91 Å². The number of nitrogens with one attached hydrogen (secondary N) is 1. The Balaban J connectivity index is 1.93. The number of alkyl halides is 2. The number of aryl methyl sites for hydroxylation is 1. The summed E-state index contributed by atoms with van der Waals surface area (Å²) < 4.78 is 32.8. The number of imidazole rings is 1. The van der Waals surface area contributed by atoms with Gasteiger partial charge in [0.1, 0.15) is 23.3 Å². The van der Waals surface area contributed by atoms with Crippen molar-refractivity contribution in [2.75, 3.05) is 7.11 Å². The number of rotatable bonds is 6. The average molecular weight is 361 g/mol. The Bertz CT molecular complexity index is 906. The minimum absolute atomic E-state index is 0.104. The zero-order valence-corrected chi connectivity index (χ0v) is 14.1. The largest absolute Gasteiger partial charge is 0.497 e. The van der Waals surface area contributed by atoms with Crippen molar-refractivity contribution in [3.05, 3.63) is 66.0 Å². The van der Waals surface area contributed by atoms with Crippen LogP contribution in [-0.2, 0) is 7.05 Å². The minimum atomic E-state index is -2.81. The molecule has 1 N–H and O–H groups in total. The van der Waals surface area contributed by atoms with E-state index >= 15 is 0 Å². The molecular formula is C17H17F2N5O2. The SMILES string of the molecule is COc1cccc([C@@H](NC(=O)c2ccn(C(F)F)n2)c2nccn2C)c1. The number of carbonyl (C=O) groups is 1. The molecule has 9 heteroatoms. The summed E-state index contributed by atoms with van der Waals surface area (Å²) in [7, 11) is 3.34. The van der Waals surface area contributed by atoms with Crippen LogP contribution >= 0.6 is 0 Å². The molecule has 1 atom stereocenters. The van der Waals surface area contributed by atoms with Crippen molar-refractivity contribution in [2.45, 2.75) is 12.6 Å². The van der Waals surface area contributed by atoms with Crippen molar-refractivity contribution < 1.29 is 18.3 Å². The summed E-state index contributed by atoms with van der Waals surface area (Å²) in [6, 6.07) is 7.81. The number of methoxy groups -OCH3 is 1. The van der Waals surface area contributed by atoms with Crippen LogP contribution in [0.5, 0.6) is 5.75 Å². The van der Waals surface area contributed by atoms with Crippen molar-refractivity contribution in [3.63, 3.8) is 0 Å². The van der Waals surface area contributed by atoms with Crippen LogP contribution in [0.25, 0.3) is 0 Å². The van der Waals surface area contributed by atoms with Crippen molar-refractivity contribution in [2.24, 2.45) is 7.05 Å². The zero-order chi connectivity index (χ0) is 18.7. The van der Waals surface area contributed by atoms with Gasteiger partial charge in [0.05, 0.1) is 7.11 Å². The summed E-state index contributed by atoms with van der Waals surface area (Å²) in [4.78, 5) is 16.8. The van der Waals surface area contributed by atoms with E-state index in [9.17, 15) is 13.6 Å². The molecule has 0 radical (unpaired) electrons. The van der Waals surface area contributed by atoms with E-state index < -0.39 is 18.5 Å². The van der Waals surface area contributed by atoms with Gasteiger partial charge in [-0.05, 0) is 23.8 Å². The summed E-state index contributed by atoms with van der Waals surface area (Å²) in [5.41, 5.74) is 0.632. The Hall–Kier alpha value is -3.23. The van der Waals surface area contributed by atoms with Crippen molar-refractivity contribution in [1.29, 1.82) is 0 Å². The number of ether oxygens (including phenoxy) is 1. The summed E-state index contributed by atoms with van der Waals surface area (Å²) in [5, 5.41) is 6.39. The van der Waals surface area contributed by atoms with E-state index in [2.05, 4.69) is 15.4 Å². The topological polar surface area (TPSA) is 74.0 Å². The number of hydrogen-bond donors (Lipinski definition) is 1. The van der Waals surface area contributed by atoms with Crippen LogP contribution in [0.3, 0.4) is 0 Å². The molecule has 136 valence electrons. The maximum atomic E-state index is 12.7. The number of aromatic nitrogens is 4. The van der Waals surface area contributed by atoms with Crippen LogP contribution in [0, 0.1) is 0 Å². The van der Waals surface area contributed by atoms with Gasteiger partial charge in [-0.15, -0.1) is 0 Å². The maximum absolute atomic E-state index is 12.7. The third-order valence-corrected chi connectivity index (χ3v) is 3.86. The molecule has 2 aromatic heterocycles. The Morgan fingerprint density at radius 2 is 2.08 bits per heavy atom. The third-order valence-electron chi connectivity index (χ3n) is 3.86. The first-order chi connectivity index (χ1) is 12.5. The van der Waals surface area contributed by atoms with Crippen LogP contribution in [0.2, 0.25) is 0 Å². The first kappa shape index (κ1) is 17.6. The van der Waals surface area contributed by atoms with E-state index in [1.165, 1.54) is 6.07 Å². The van der Waals surface area contributed by atoms with Gasteiger partial charge >= 0.3 is 6.55 Å². The monoisotopic (exact) mass is 361 g/mol. The van der Waals surface area contributed by atoms with E-state index in [1.807, 2.05) is 6.07 Å². The highest BCUT2D eigenvalue weighted by molar-refractivity contribution is 5.92. The number of benzene rings is 1. The average Bonchev–Trinajstić information content (AvgIpc) is 3.29.